The highest BCUT2D eigenvalue weighted by Gasteiger charge is 2.54. The summed E-state index contributed by atoms with van der Waals surface area (Å²) in [6.45, 7) is 10.5. The van der Waals surface area contributed by atoms with Crippen LogP contribution < -0.4 is 0 Å². The predicted octanol–water partition coefficient (Wildman–Crippen LogP) is 3.15. The summed E-state index contributed by atoms with van der Waals surface area (Å²) in [6, 6.07) is 8.45. The summed E-state index contributed by atoms with van der Waals surface area (Å²) in [6.07, 6.45) is 2.75. The van der Waals surface area contributed by atoms with E-state index in [-0.39, 0.29) is 30.2 Å². The largest absolute Gasteiger partial charge is 0.353 e. The number of carbonyl (C=O) groups is 3. The van der Waals surface area contributed by atoms with Crippen molar-refractivity contribution in [1.29, 1.82) is 0 Å². The van der Waals surface area contributed by atoms with Crippen LogP contribution >= 0.6 is 0 Å². The quantitative estimate of drug-likeness (QED) is 0.649. The maximum Gasteiger partial charge on any atom is 0.256 e. The van der Waals surface area contributed by atoms with Gasteiger partial charge in [0, 0.05) is 50.5 Å². The third-order valence-corrected chi connectivity index (χ3v) is 6.43. The maximum absolute atomic E-state index is 13.7. The molecule has 0 aromatic heterocycles. The normalized spacial score (nSPS) is 20.1. The lowest BCUT2D eigenvalue weighted by Crippen LogP contribution is -2.60. The molecule has 0 N–H and O–H groups in total. The Morgan fingerprint density at radius 1 is 1.06 bits per heavy atom. The van der Waals surface area contributed by atoms with E-state index in [0.717, 1.165) is 12.8 Å². The van der Waals surface area contributed by atoms with E-state index < -0.39 is 11.8 Å². The standard InChI is InChI=1S/C25H37N3O4/c1-5-14-26(15-6-2)24(31)21-18-32-25(12-16-27(17-13-25)22(29)19(3)4)28(21)23(30)20-10-8-7-9-11-20/h7-11,19,21H,5-6,12-18H2,1-4H3/t21-/m0/s1. The van der Waals surface area contributed by atoms with Gasteiger partial charge in [0.25, 0.3) is 5.91 Å². The molecule has 1 atom stereocenters. The molecule has 2 fully saturated rings. The smallest absolute Gasteiger partial charge is 0.256 e. The SMILES string of the molecule is CCCN(CCC)C(=O)[C@@H]1COC2(CCN(C(=O)C(C)C)CC2)N1C(=O)c1ccccc1. The van der Waals surface area contributed by atoms with E-state index in [4.69, 9.17) is 4.74 Å². The number of nitrogens with zero attached hydrogens (tertiary/aromatic N) is 3. The Bertz CT molecular complexity index is 797. The predicted molar refractivity (Wildman–Crippen MR) is 123 cm³/mol. The molecule has 2 heterocycles. The molecule has 7 nitrogen and oxygen atoms in total. The Labute approximate surface area is 191 Å². The van der Waals surface area contributed by atoms with Gasteiger partial charge in [0.2, 0.25) is 11.8 Å². The van der Waals surface area contributed by atoms with Gasteiger partial charge in [-0.25, -0.2) is 0 Å². The van der Waals surface area contributed by atoms with E-state index in [9.17, 15) is 14.4 Å². The molecule has 1 aromatic rings. The summed E-state index contributed by atoms with van der Waals surface area (Å²) in [7, 11) is 0. The van der Waals surface area contributed by atoms with Crippen molar-refractivity contribution in [2.24, 2.45) is 5.92 Å². The Kier molecular flexibility index (Phi) is 7.93. The first kappa shape index (κ1) is 24.2. The van der Waals surface area contributed by atoms with Gasteiger partial charge < -0.3 is 14.5 Å². The Morgan fingerprint density at radius 3 is 2.19 bits per heavy atom. The zero-order valence-corrected chi connectivity index (χ0v) is 19.9. The number of benzene rings is 1. The molecular formula is C25H37N3O4. The van der Waals surface area contributed by atoms with E-state index in [1.807, 2.05) is 41.8 Å². The van der Waals surface area contributed by atoms with E-state index in [1.54, 1.807) is 17.0 Å². The first-order chi connectivity index (χ1) is 15.3. The average Bonchev–Trinajstić information content (AvgIpc) is 3.17. The third-order valence-electron chi connectivity index (χ3n) is 6.43. The first-order valence-electron chi connectivity index (χ1n) is 11.9. The maximum atomic E-state index is 13.7. The van der Waals surface area contributed by atoms with Crippen LogP contribution in [0.25, 0.3) is 0 Å². The number of likely N-dealkylation sites (tertiary alicyclic amines) is 1. The van der Waals surface area contributed by atoms with Crippen molar-refractivity contribution in [3.63, 3.8) is 0 Å². The molecule has 1 spiro atoms. The van der Waals surface area contributed by atoms with Gasteiger partial charge in [-0.3, -0.25) is 19.3 Å². The van der Waals surface area contributed by atoms with Crippen LogP contribution in [0.2, 0.25) is 0 Å². The van der Waals surface area contributed by atoms with Crippen LogP contribution in [-0.4, -0.2) is 77.0 Å². The van der Waals surface area contributed by atoms with Crippen molar-refractivity contribution < 1.29 is 19.1 Å². The fourth-order valence-electron chi connectivity index (χ4n) is 4.80. The Morgan fingerprint density at radius 2 is 1.66 bits per heavy atom. The van der Waals surface area contributed by atoms with E-state index in [0.29, 0.717) is 44.6 Å². The van der Waals surface area contributed by atoms with Crippen LogP contribution in [0, 0.1) is 5.92 Å². The van der Waals surface area contributed by atoms with Gasteiger partial charge in [-0.05, 0) is 25.0 Å². The second kappa shape index (κ2) is 10.5. The highest BCUT2D eigenvalue weighted by Crippen LogP contribution is 2.39. The van der Waals surface area contributed by atoms with Crippen molar-refractivity contribution in [3.8, 4) is 0 Å². The highest BCUT2D eigenvalue weighted by molar-refractivity contribution is 5.98. The van der Waals surface area contributed by atoms with Crippen LogP contribution in [0.15, 0.2) is 30.3 Å². The van der Waals surface area contributed by atoms with Crippen molar-refractivity contribution in [3.05, 3.63) is 35.9 Å². The topological polar surface area (TPSA) is 70.2 Å². The van der Waals surface area contributed by atoms with Gasteiger partial charge in [-0.15, -0.1) is 0 Å². The lowest BCUT2D eigenvalue weighted by molar-refractivity contribution is -0.147. The van der Waals surface area contributed by atoms with Gasteiger partial charge in [0.05, 0.1) is 6.61 Å². The van der Waals surface area contributed by atoms with Crippen LogP contribution in [0.1, 0.15) is 63.7 Å². The lowest BCUT2D eigenvalue weighted by atomic mass is 9.95. The molecule has 3 rings (SSSR count). The van der Waals surface area contributed by atoms with Crippen molar-refractivity contribution in [2.75, 3.05) is 32.8 Å². The summed E-state index contributed by atoms with van der Waals surface area (Å²) in [5.41, 5.74) is -0.307. The van der Waals surface area contributed by atoms with Gasteiger partial charge in [0.15, 0.2) is 0 Å². The van der Waals surface area contributed by atoms with Crippen LogP contribution in [-0.2, 0) is 14.3 Å². The minimum absolute atomic E-state index is 0.0458. The monoisotopic (exact) mass is 443 g/mol. The zero-order valence-electron chi connectivity index (χ0n) is 19.9. The van der Waals surface area contributed by atoms with E-state index >= 15 is 0 Å². The molecule has 32 heavy (non-hydrogen) atoms. The van der Waals surface area contributed by atoms with Crippen LogP contribution in [0.4, 0.5) is 0 Å². The van der Waals surface area contributed by atoms with Crippen LogP contribution in [0.3, 0.4) is 0 Å². The molecule has 176 valence electrons. The molecule has 0 aliphatic carbocycles. The molecule has 0 radical (unpaired) electrons. The van der Waals surface area contributed by atoms with Crippen LogP contribution in [0.5, 0.6) is 0 Å². The number of ether oxygens (including phenoxy) is 1. The summed E-state index contributed by atoms with van der Waals surface area (Å²) in [4.78, 5) is 45.1. The number of amides is 3. The number of carbonyl (C=O) groups excluding carboxylic acids is 3. The minimum atomic E-state index is -0.856. The van der Waals surface area contributed by atoms with Gasteiger partial charge in [-0.2, -0.15) is 0 Å². The van der Waals surface area contributed by atoms with Gasteiger partial charge >= 0.3 is 0 Å². The molecule has 2 aliphatic rings. The molecule has 1 aromatic carbocycles. The average molecular weight is 444 g/mol. The molecule has 2 saturated heterocycles. The Balaban J connectivity index is 1.90. The number of piperidine rings is 1. The van der Waals surface area contributed by atoms with E-state index in [1.165, 1.54) is 0 Å². The van der Waals surface area contributed by atoms with E-state index in [2.05, 4.69) is 13.8 Å². The highest BCUT2D eigenvalue weighted by atomic mass is 16.5. The number of rotatable bonds is 7. The molecule has 2 aliphatic heterocycles. The van der Waals surface area contributed by atoms with Gasteiger partial charge in [-0.1, -0.05) is 45.9 Å². The zero-order chi connectivity index (χ0) is 23.3. The second-order valence-corrected chi connectivity index (χ2v) is 9.12. The molecule has 0 bridgehead atoms. The number of hydrogen-bond acceptors (Lipinski definition) is 4. The lowest BCUT2D eigenvalue weighted by Gasteiger charge is -2.45. The molecule has 0 saturated carbocycles. The molecule has 3 amide bonds. The fourth-order valence-corrected chi connectivity index (χ4v) is 4.80. The van der Waals surface area contributed by atoms with Crippen molar-refractivity contribution in [2.45, 2.75) is 65.1 Å². The summed E-state index contributed by atoms with van der Waals surface area (Å²) in [5.74, 6) is -0.182. The van der Waals surface area contributed by atoms with Crippen molar-refractivity contribution >= 4 is 17.7 Å². The fraction of sp³-hybridized carbons (Fsp3) is 0.640. The van der Waals surface area contributed by atoms with Crippen molar-refractivity contribution in [1.82, 2.24) is 14.7 Å². The summed E-state index contributed by atoms with van der Waals surface area (Å²) < 4.78 is 6.29. The third kappa shape index (κ3) is 4.82. The second-order valence-electron chi connectivity index (χ2n) is 9.12. The first-order valence-corrected chi connectivity index (χ1v) is 11.9. The molecular weight excluding hydrogens is 406 g/mol. The molecule has 0 unspecified atom stereocenters. The Hall–Kier alpha value is -2.41. The number of hydrogen-bond donors (Lipinski definition) is 0. The van der Waals surface area contributed by atoms with Gasteiger partial charge in [0.1, 0.15) is 11.8 Å². The summed E-state index contributed by atoms with van der Waals surface area (Å²) in [5, 5.41) is 0. The molecule has 7 heteroatoms. The minimum Gasteiger partial charge on any atom is -0.353 e. The summed E-state index contributed by atoms with van der Waals surface area (Å²) >= 11 is 0.